The number of amides is 1. The number of halogens is 2. The monoisotopic (exact) mass is 310 g/mol. The van der Waals surface area contributed by atoms with Crippen molar-refractivity contribution in [2.45, 2.75) is 19.9 Å². The van der Waals surface area contributed by atoms with Gasteiger partial charge in [-0.3, -0.25) is 4.79 Å². The Morgan fingerprint density at radius 2 is 2.00 bits per heavy atom. The van der Waals surface area contributed by atoms with Crippen molar-refractivity contribution < 1.29 is 4.79 Å². The van der Waals surface area contributed by atoms with Crippen LogP contribution in [0.4, 0.5) is 0 Å². The second-order valence-electron chi connectivity index (χ2n) is 4.71. The molecule has 0 atom stereocenters. The number of hydrogen-bond donors (Lipinski definition) is 1. The first-order valence-corrected chi connectivity index (χ1v) is 7.05. The van der Waals surface area contributed by atoms with Crippen LogP contribution in [0.15, 0.2) is 30.3 Å². The van der Waals surface area contributed by atoms with Crippen molar-refractivity contribution in [2.24, 2.45) is 7.05 Å². The summed E-state index contributed by atoms with van der Waals surface area (Å²) >= 11 is 11.9. The van der Waals surface area contributed by atoms with Crippen LogP contribution >= 0.6 is 23.2 Å². The van der Waals surface area contributed by atoms with E-state index in [1.54, 1.807) is 18.2 Å². The summed E-state index contributed by atoms with van der Waals surface area (Å²) in [7, 11) is 1.98. The second-order valence-corrected chi connectivity index (χ2v) is 5.56. The highest BCUT2D eigenvalue weighted by Gasteiger charge is 2.08. The minimum atomic E-state index is -0.0620. The van der Waals surface area contributed by atoms with E-state index >= 15 is 0 Å². The zero-order valence-electron chi connectivity index (χ0n) is 11.4. The zero-order chi connectivity index (χ0) is 14.7. The highest BCUT2D eigenvalue weighted by atomic mass is 35.5. The first kappa shape index (κ1) is 14.9. The lowest BCUT2D eigenvalue weighted by Crippen LogP contribution is -2.25. The average Bonchev–Trinajstić information content (AvgIpc) is 2.71. The predicted octanol–water partition coefficient (Wildman–Crippen LogP) is 3.50. The molecule has 0 aliphatic carbocycles. The highest BCUT2D eigenvalue weighted by molar-refractivity contribution is 6.35. The molecule has 0 saturated heterocycles. The van der Waals surface area contributed by atoms with E-state index in [9.17, 15) is 4.79 Å². The molecule has 0 radical (unpaired) electrons. The molecule has 0 fully saturated rings. The molecule has 0 saturated carbocycles. The summed E-state index contributed by atoms with van der Waals surface area (Å²) in [4.78, 5) is 11.9. The van der Waals surface area contributed by atoms with Gasteiger partial charge in [0.25, 0.3) is 0 Å². The van der Waals surface area contributed by atoms with Crippen LogP contribution < -0.4 is 5.32 Å². The van der Waals surface area contributed by atoms with E-state index in [-0.39, 0.29) is 12.3 Å². The summed E-state index contributed by atoms with van der Waals surface area (Å²) in [6, 6.07) is 9.18. The Balaban J connectivity index is 1.94. The normalized spacial score (nSPS) is 10.6. The second kappa shape index (κ2) is 6.33. The molecule has 0 spiro atoms. The Hall–Kier alpha value is -1.45. The van der Waals surface area contributed by atoms with E-state index in [0.29, 0.717) is 16.6 Å². The molecule has 20 heavy (non-hydrogen) atoms. The molecule has 0 unspecified atom stereocenters. The van der Waals surface area contributed by atoms with Crippen molar-refractivity contribution in [1.82, 2.24) is 9.88 Å². The third-order valence-corrected chi connectivity index (χ3v) is 3.90. The Kier molecular flexibility index (Phi) is 4.73. The number of aromatic nitrogens is 1. The molecule has 1 N–H and O–H groups in total. The smallest absolute Gasteiger partial charge is 0.224 e. The van der Waals surface area contributed by atoms with Crippen LogP contribution in [0.1, 0.15) is 17.0 Å². The van der Waals surface area contributed by atoms with Gasteiger partial charge in [0, 0.05) is 28.5 Å². The minimum Gasteiger partial charge on any atom is -0.350 e. The molecular formula is C15H16Cl2N2O. The molecule has 1 aromatic heterocycles. The highest BCUT2D eigenvalue weighted by Crippen LogP contribution is 2.21. The average molecular weight is 311 g/mol. The number of aryl methyl sites for hydroxylation is 1. The van der Waals surface area contributed by atoms with Crippen LogP contribution in [0.2, 0.25) is 10.0 Å². The van der Waals surface area contributed by atoms with E-state index in [4.69, 9.17) is 23.2 Å². The summed E-state index contributed by atoms with van der Waals surface area (Å²) in [5.74, 6) is -0.0620. The molecule has 5 heteroatoms. The van der Waals surface area contributed by atoms with Crippen molar-refractivity contribution in [3.8, 4) is 0 Å². The van der Waals surface area contributed by atoms with Gasteiger partial charge in [0.15, 0.2) is 0 Å². The molecule has 1 amide bonds. The van der Waals surface area contributed by atoms with E-state index in [1.165, 1.54) is 0 Å². The standard InChI is InChI=1S/C15H16Cl2N2O/c1-10-3-6-13(19(10)2)9-18-15(20)7-11-4-5-12(16)8-14(11)17/h3-6,8H,7,9H2,1-2H3,(H,18,20). The molecule has 3 nitrogen and oxygen atoms in total. The van der Waals surface area contributed by atoms with E-state index in [1.807, 2.05) is 26.1 Å². The van der Waals surface area contributed by atoms with E-state index in [0.717, 1.165) is 17.0 Å². The van der Waals surface area contributed by atoms with Gasteiger partial charge < -0.3 is 9.88 Å². The Morgan fingerprint density at radius 3 is 2.60 bits per heavy atom. The van der Waals surface area contributed by atoms with Gasteiger partial charge in [0.05, 0.1) is 13.0 Å². The number of nitrogens with zero attached hydrogens (tertiary/aromatic N) is 1. The number of nitrogens with one attached hydrogen (secondary N) is 1. The molecule has 1 heterocycles. The van der Waals surface area contributed by atoms with Crippen LogP contribution in [-0.4, -0.2) is 10.5 Å². The van der Waals surface area contributed by atoms with Crippen LogP contribution in [0.25, 0.3) is 0 Å². The lowest BCUT2D eigenvalue weighted by atomic mass is 10.1. The number of benzene rings is 1. The summed E-state index contributed by atoms with van der Waals surface area (Å²) in [5.41, 5.74) is 3.00. The van der Waals surface area contributed by atoms with Gasteiger partial charge in [-0.05, 0) is 36.8 Å². The number of rotatable bonds is 4. The van der Waals surface area contributed by atoms with Crippen LogP contribution in [0.3, 0.4) is 0 Å². The Labute approximate surface area is 128 Å². The maximum absolute atomic E-state index is 11.9. The largest absolute Gasteiger partial charge is 0.350 e. The zero-order valence-corrected chi connectivity index (χ0v) is 12.9. The SMILES string of the molecule is Cc1ccc(CNC(=O)Cc2ccc(Cl)cc2Cl)n1C. The first-order valence-electron chi connectivity index (χ1n) is 6.29. The fraction of sp³-hybridized carbons (Fsp3) is 0.267. The summed E-state index contributed by atoms with van der Waals surface area (Å²) in [6.45, 7) is 2.53. The summed E-state index contributed by atoms with van der Waals surface area (Å²) in [6.07, 6.45) is 0.249. The first-order chi connectivity index (χ1) is 9.47. The lowest BCUT2D eigenvalue weighted by molar-refractivity contribution is -0.120. The molecule has 1 aromatic carbocycles. The topological polar surface area (TPSA) is 34.0 Å². The number of carbonyl (C=O) groups is 1. The Morgan fingerprint density at radius 1 is 1.25 bits per heavy atom. The van der Waals surface area contributed by atoms with Gasteiger partial charge in [-0.25, -0.2) is 0 Å². The van der Waals surface area contributed by atoms with Gasteiger partial charge in [-0.15, -0.1) is 0 Å². The fourth-order valence-corrected chi connectivity index (χ4v) is 2.41. The molecule has 106 valence electrons. The number of carbonyl (C=O) groups excluding carboxylic acids is 1. The molecule has 2 aromatic rings. The van der Waals surface area contributed by atoms with Gasteiger partial charge in [-0.2, -0.15) is 0 Å². The fourth-order valence-electron chi connectivity index (χ4n) is 1.93. The van der Waals surface area contributed by atoms with Crippen molar-refractivity contribution >= 4 is 29.1 Å². The molecule has 0 bridgehead atoms. The molecular weight excluding hydrogens is 295 g/mol. The van der Waals surface area contributed by atoms with Crippen molar-refractivity contribution in [1.29, 1.82) is 0 Å². The summed E-state index contributed by atoms with van der Waals surface area (Å²) < 4.78 is 2.05. The van der Waals surface area contributed by atoms with Gasteiger partial charge >= 0.3 is 0 Å². The molecule has 0 aliphatic rings. The summed E-state index contributed by atoms with van der Waals surface area (Å²) in [5, 5.41) is 3.98. The maximum Gasteiger partial charge on any atom is 0.224 e. The third-order valence-electron chi connectivity index (χ3n) is 3.31. The number of hydrogen-bond acceptors (Lipinski definition) is 1. The van der Waals surface area contributed by atoms with E-state index in [2.05, 4.69) is 9.88 Å². The minimum absolute atomic E-state index is 0.0620. The van der Waals surface area contributed by atoms with Gasteiger partial charge in [-0.1, -0.05) is 29.3 Å². The Bertz CT molecular complexity index is 635. The molecule has 2 rings (SSSR count). The van der Waals surface area contributed by atoms with Gasteiger partial charge in [0.1, 0.15) is 0 Å². The molecule has 0 aliphatic heterocycles. The van der Waals surface area contributed by atoms with Gasteiger partial charge in [0.2, 0.25) is 5.91 Å². The predicted molar refractivity (Wildman–Crippen MR) is 82.2 cm³/mol. The quantitative estimate of drug-likeness (QED) is 0.921. The van der Waals surface area contributed by atoms with Crippen molar-refractivity contribution in [2.75, 3.05) is 0 Å². The van der Waals surface area contributed by atoms with Crippen LogP contribution in [0, 0.1) is 6.92 Å². The third kappa shape index (κ3) is 3.56. The van der Waals surface area contributed by atoms with E-state index < -0.39 is 0 Å². The maximum atomic E-state index is 11.9. The van der Waals surface area contributed by atoms with Crippen LogP contribution in [0.5, 0.6) is 0 Å². The van der Waals surface area contributed by atoms with Crippen molar-refractivity contribution in [3.05, 3.63) is 57.3 Å². The van der Waals surface area contributed by atoms with Crippen molar-refractivity contribution in [3.63, 3.8) is 0 Å². The lowest BCUT2D eigenvalue weighted by Gasteiger charge is -2.08. The van der Waals surface area contributed by atoms with Crippen LogP contribution in [-0.2, 0) is 24.8 Å².